The van der Waals surface area contributed by atoms with Crippen LogP contribution in [0.1, 0.15) is 6.92 Å². The van der Waals surface area contributed by atoms with Gasteiger partial charge >= 0.3 is 5.97 Å². The summed E-state index contributed by atoms with van der Waals surface area (Å²) in [5, 5.41) is 16.7. The van der Waals surface area contributed by atoms with Crippen LogP contribution in [-0.4, -0.2) is 28.3 Å². The Labute approximate surface area is 63.3 Å². The Kier molecular flexibility index (Phi) is 4.14. The van der Waals surface area contributed by atoms with E-state index in [1.54, 1.807) is 5.48 Å². The summed E-state index contributed by atoms with van der Waals surface area (Å²) in [4.78, 5) is 20.0. The van der Waals surface area contributed by atoms with Crippen LogP contribution in [0.5, 0.6) is 0 Å². The number of hydroxylamine groups is 1. The van der Waals surface area contributed by atoms with Gasteiger partial charge in [0.25, 0.3) is 0 Å². The molecule has 62 valence electrons. The Morgan fingerprint density at radius 3 is 2.55 bits per heavy atom. The molecule has 0 bridgehead atoms. The second-order valence-corrected chi connectivity index (χ2v) is 2.09. The van der Waals surface area contributed by atoms with Crippen LogP contribution >= 0.6 is 0 Å². The van der Waals surface area contributed by atoms with E-state index in [1.165, 1.54) is 12.9 Å². The highest BCUT2D eigenvalue weighted by Crippen LogP contribution is 2.02. The van der Waals surface area contributed by atoms with Gasteiger partial charge in [0.15, 0.2) is 0 Å². The van der Waals surface area contributed by atoms with E-state index in [2.05, 4.69) is 0 Å². The van der Waals surface area contributed by atoms with Crippen molar-refractivity contribution in [2.24, 2.45) is 5.92 Å². The summed E-state index contributed by atoms with van der Waals surface area (Å²) in [5.41, 5.74) is 1.58. The second-order valence-electron chi connectivity index (χ2n) is 2.09. The number of hydrogen-bond donors (Lipinski definition) is 3. The molecular formula is C6H9NO4. The van der Waals surface area contributed by atoms with Gasteiger partial charge in [-0.15, -0.1) is 0 Å². The standard InChI is InChI=1S/C6H9NO4/c1-4(2-3-8)5(7-11)6(9)10/h2,4-5,7,11H,1H3,(H,9,10)/t4?,5-/m0/s1. The second kappa shape index (κ2) is 4.62. The molecule has 3 N–H and O–H groups in total. The van der Waals surface area contributed by atoms with Crippen LogP contribution in [0.25, 0.3) is 0 Å². The Morgan fingerprint density at radius 2 is 2.27 bits per heavy atom. The fourth-order valence-electron chi connectivity index (χ4n) is 0.601. The molecule has 2 atom stereocenters. The lowest BCUT2D eigenvalue weighted by atomic mass is 10.0. The van der Waals surface area contributed by atoms with Crippen molar-refractivity contribution in [2.45, 2.75) is 13.0 Å². The number of rotatable bonds is 4. The summed E-state index contributed by atoms with van der Waals surface area (Å²) < 4.78 is 0. The molecule has 0 aromatic heterocycles. The van der Waals surface area contributed by atoms with Crippen molar-refractivity contribution in [1.82, 2.24) is 5.48 Å². The van der Waals surface area contributed by atoms with Gasteiger partial charge in [0.05, 0.1) is 0 Å². The van der Waals surface area contributed by atoms with Gasteiger partial charge in [-0.3, -0.25) is 4.79 Å². The predicted octanol–water partition coefficient (Wildman–Crippen LogP) is -0.558. The molecule has 5 nitrogen and oxygen atoms in total. The minimum absolute atomic E-state index is 0.588. The van der Waals surface area contributed by atoms with Crippen molar-refractivity contribution in [3.63, 3.8) is 0 Å². The summed E-state index contributed by atoms with van der Waals surface area (Å²) in [7, 11) is 0. The molecule has 0 aliphatic rings. The largest absolute Gasteiger partial charge is 0.480 e. The van der Waals surface area contributed by atoms with E-state index in [0.29, 0.717) is 0 Å². The van der Waals surface area contributed by atoms with Crippen LogP contribution in [0.4, 0.5) is 0 Å². The van der Waals surface area contributed by atoms with Gasteiger partial charge in [-0.2, -0.15) is 5.48 Å². The van der Waals surface area contributed by atoms with Crippen molar-refractivity contribution < 1.29 is 19.9 Å². The molecule has 0 fully saturated rings. The minimum atomic E-state index is -1.22. The third kappa shape index (κ3) is 2.95. The van der Waals surface area contributed by atoms with Crippen LogP contribution in [0.3, 0.4) is 0 Å². The first-order valence-electron chi connectivity index (χ1n) is 2.97. The number of nitrogens with one attached hydrogen (secondary N) is 1. The van der Waals surface area contributed by atoms with E-state index < -0.39 is 17.9 Å². The van der Waals surface area contributed by atoms with Crippen molar-refractivity contribution >= 4 is 11.9 Å². The smallest absolute Gasteiger partial charge is 0.323 e. The molecule has 0 amide bonds. The highest BCUT2D eigenvalue weighted by molar-refractivity contribution is 5.74. The maximum atomic E-state index is 10.3. The van der Waals surface area contributed by atoms with Gasteiger partial charge < -0.3 is 10.3 Å². The summed E-state index contributed by atoms with van der Waals surface area (Å²) in [5.74, 6) is -0.356. The van der Waals surface area contributed by atoms with E-state index in [-0.39, 0.29) is 0 Å². The number of aliphatic carboxylic acids is 1. The summed E-state index contributed by atoms with van der Waals surface area (Å²) in [6, 6.07) is -1.16. The van der Waals surface area contributed by atoms with Crippen molar-refractivity contribution in [3.8, 4) is 0 Å². The average Bonchev–Trinajstić information content (AvgIpc) is 1.88. The summed E-state index contributed by atoms with van der Waals surface area (Å²) >= 11 is 0. The monoisotopic (exact) mass is 159 g/mol. The predicted molar refractivity (Wildman–Crippen MR) is 35.8 cm³/mol. The molecule has 0 aromatic rings. The molecule has 0 radical (unpaired) electrons. The lowest BCUT2D eigenvalue weighted by molar-refractivity contribution is -0.143. The van der Waals surface area contributed by atoms with E-state index in [0.717, 1.165) is 6.08 Å². The SMILES string of the molecule is CC(C=C=O)[C@H](NO)C(=O)O. The van der Waals surface area contributed by atoms with Crippen LogP contribution in [0, 0.1) is 5.92 Å². The van der Waals surface area contributed by atoms with Crippen molar-refractivity contribution in [1.29, 1.82) is 0 Å². The van der Waals surface area contributed by atoms with Gasteiger partial charge in [0.2, 0.25) is 0 Å². The van der Waals surface area contributed by atoms with E-state index in [9.17, 15) is 9.59 Å². The fraction of sp³-hybridized carbons (Fsp3) is 0.500. The third-order valence-corrected chi connectivity index (χ3v) is 1.26. The number of carboxylic acids is 1. The van der Waals surface area contributed by atoms with E-state index in [4.69, 9.17) is 10.3 Å². The lowest BCUT2D eigenvalue weighted by Gasteiger charge is -2.12. The first kappa shape index (κ1) is 9.84. The Hall–Kier alpha value is -1.16. The van der Waals surface area contributed by atoms with E-state index >= 15 is 0 Å². The highest BCUT2D eigenvalue weighted by atomic mass is 16.5. The highest BCUT2D eigenvalue weighted by Gasteiger charge is 2.21. The molecule has 0 spiro atoms. The Morgan fingerprint density at radius 1 is 1.73 bits per heavy atom. The quantitative estimate of drug-likeness (QED) is 0.378. The zero-order valence-corrected chi connectivity index (χ0v) is 5.94. The molecule has 1 unspecified atom stereocenters. The van der Waals surface area contributed by atoms with Gasteiger partial charge in [0, 0.05) is 12.0 Å². The topological polar surface area (TPSA) is 86.6 Å². The molecule has 5 heteroatoms. The molecule has 0 rings (SSSR count). The molecule has 0 aromatic carbocycles. The molecule has 11 heavy (non-hydrogen) atoms. The summed E-state index contributed by atoms with van der Waals surface area (Å²) in [6.07, 6.45) is 1.03. The first-order chi connectivity index (χ1) is 5.13. The van der Waals surface area contributed by atoms with Crippen LogP contribution in [-0.2, 0) is 9.59 Å². The van der Waals surface area contributed by atoms with Crippen LogP contribution in [0.15, 0.2) is 6.08 Å². The maximum absolute atomic E-state index is 10.3. The van der Waals surface area contributed by atoms with Gasteiger partial charge in [-0.1, -0.05) is 6.92 Å². The Bertz CT molecular complexity index is 185. The minimum Gasteiger partial charge on any atom is -0.480 e. The van der Waals surface area contributed by atoms with Gasteiger partial charge in [0.1, 0.15) is 12.0 Å². The van der Waals surface area contributed by atoms with Crippen molar-refractivity contribution in [3.05, 3.63) is 6.08 Å². The lowest BCUT2D eigenvalue weighted by Crippen LogP contribution is -2.39. The molecule has 0 aliphatic carbocycles. The molecule has 0 aliphatic heterocycles. The van der Waals surface area contributed by atoms with Crippen LogP contribution < -0.4 is 5.48 Å². The van der Waals surface area contributed by atoms with E-state index in [1.807, 2.05) is 0 Å². The molecule has 0 saturated heterocycles. The van der Waals surface area contributed by atoms with Gasteiger partial charge in [-0.05, 0) is 0 Å². The van der Waals surface area contributed by atoms with Gasteiger partial charge in [-0.25, -0.2) is 4.79 Å². The maximum Gasteiger partial charge on any atom is 0.323 e. The van der Waals surface area contributed by atoms with Crippen molar-refractivity contribution in [2.75, 3.05) is 0 Å². The summed E-state index contributed by atoms with van der Waals surface area (Å²) in [6.45, 7) is 1.48. The normalized spacial score (nSPS) is 14.7. The zero-order chi connectivity index (χ0) is 8.85. The first-order valence-corrected chi connectivity index (χ1v) is 2.97. The Balaban J connectivity index is 4.24. The third-order valence-electron chi connectivity index (χ3n) is 1.26. The number of hydrogen-bond acceptors (Lipinski definition) is 4. The number of carboxylic acid groups (broad SMARTS) is 1. The zero-order valence-electron chi connectivity index (χ0n) is 5.94. The fourth-order valence-corrected chi connectivity index (χ4v) is 0.601. The molecular weight excluding hydrogens is 150 g/mol. The molecule has 0 saturated carbocycles. The molecule has 0 heterocycles. The number of carbonyl (C=O) groups is 1. The number of carbonyl (C=O) groups excluding carboxylic acids is 1. The van der Waals surface area contributed by atoms with Crippen LogP contribution in [0.2, 0.25) is 0 Å². The average molecular weight is 159 g/mol.